The largest absolute Gasteiger partial charge is 0.409 e. The van der Waals surface area contributed by atoms with Crippen molar-refractivity contribution >= 4 is 28.2 Å². The van der Waals surface area contributed by atoms with E-state index >= 15 is 0 Å². The predicted octanol–water partition coefficient (Wildman–Crippen LogP) is 4.49. The van der Waals surface area contributed by atoms with Crippen molar-refractivity contribution in [1.82, 2.24) is 4.98 Å². The molecule has 0 spiro atoms. The van der Waals surface area contributed by atoms with Gasteiger partial charge in [0.05, 0.1) is 5.52 Å². The lowest BCUT2D eigenvalue weighted by Gasteiger charge is -2.18. The van der Waals surface area contributed by atoms with Crippen LogP contribution in [0.2, 0.25) is 0 Å². The molecule has 5 N–H and O–H groups in total. The fourth-order valence-electron chi connectivity index (χ4n) is 3.46. The van der Waals surface area contributed by atoms with Crippen molar-refractivity contribution in [3.8, 4) is 11.8 Å². The van der Waals surface area contributed by atoms with Crippen molar-refractivity contribution < 1.29 is 5.21 Å². The summed E-state index contributed by atoms with van der Waals surface area (Å²) < 4.78 is 0. The van der Waals surface area contributed by atoms with Gasteiger partial charge in [-0.2, -0.15) is 0 Å². The zero-order valence-electron chi connectivity index (χ0n) is 18.4. The molecule has 1 fully saturated rings. The predicted molar refractivity (Wildman–Crippen MR) is 133 cm³/mol. The number of benzene rings is 2. The number of nitrogens with two attached hydrogens (primary N) is 2. The Morgan fingerprint density at radius 2 is 1.94 bits per heavy atom. The van der Waals surface area contributed by atoms with Gasteiger partial charge in [-0.05, 0) is 55.7 Å². The highest BCUT2D eigenvalue weighted by Gasteiger charge is 2.13. The summed E-state index contributed by atoms with van der Waals surface area (Å²) in [6.07, 6.45) is 5.41. The first-order valence-corrected chi connectivity index (χ1v) is 10.7. The number of hydrogen-bond donors (Lipinski definition) is 3. The highest BCUT2D eigenvalue weighted by molar-refractivity contribution is 5.97. The molecule has 0 bridgehead atoms. The number of hydrogen-bond acceptors (Lipinski definition) is 5. The molecule has 0 radical (unpaired) electrons. The first-order valence-electron chi connectivity index (χ1n) is 10.7. The molecule has 1 saturated heterocycles. The molecule has 1 aliphatic heterocycles. The number of fused-ring (bicyclic) bond motifs is 1. The van der Waals surface area contributed by atoms with Crippen LogP contribution in [0.4, 0.5) is 11.5 Å². The second kappa shape index (κ2) is 10.9. The molecule has 0 amide bonds. The van der Waals surface area contributed by atoms with Gasteiger partial charge < -0.3 is 21.6 Å². The summed E-state index contributed by atoms with van der Waals surface area (Å²) in [5, 5.41) is 12.9. The number of allylic oxidation sites excluding steroid dienone is 1. The molecule has 6 nitrogen and oxygen atoms in total. The van der Waals surface area contributed by atoms with E-state index in [9.17, 15) is 0 Å². The summed E-state index contributed by atoms with van der Waals surface area (Å²) in [7, 11) is 0. The van der Waals surface area contributed by atoms with Crippen molar-refractivity contribution in [3.05, 3.63) is 77.9 Å². The van der Waals surface area contributed by atoms with Gasteiger partial charge in [0.15, 0.2) is 5.84 Å². The molecule has 2 heterocycles. The quantitative estimate of drug-likeness (QED) is 0.143. The van der Waals surface area contributed by atoms with E-state index in [2.05, 4.69) is 52.5 Å². The van der Waals surface area contributed by atoms with Crippen molar-refractivity contribution in [2.75, 3.05) is 23.7 Å². The SMILES string of the molecule is C=CCC.N/C(=N\O)c1cccc(C#Cc2cc(N)nc3ccc(N4CCCC4)cc23)c1. The number of pyridine rings is 1. The number of amidine groups is 1. The Kier molecular flexibility index (Phi) is 7.71. The summed E-state index contributed by atoms with van der Waals surface area (Å²) in [6.45, 7) is 7.70. The molecule has 4 rings (SSSR count). The topological polar surface area (TPSA) is 101 Å². The average molecular weight is 428 g/mol. The molecule has 6 heteroatoms. The van der Waals surface area contributed by atoms with Crippen LogP contribution in [-0.4, -0.2) is 29.1 Å². The van der Waals surface area contributed by atoms with E-state index in [0.717, 1.165) is 41.5 Å². The molecular formula is C26H29N5O. The van der Waals surface area contributed by atoms with Crippen LogP contribution < -0.4 is 16.4 Å². The summed E-state index contributed by atoms with van der Waals surface area (Å²) in [5.74, 6) is 6.86. The standard InChI is InChI=1S/C22H21N5O.C4H8/c23-21-13-16(7-6-15-4-3-5-17(12-15)22(24)26-28)19-14-18(8-9-20(19)25-21)27-10-1-2-11-27;1-3-4-2/h3-5,8-9,12-14,28H,1-2,10-11H2,(H2,23,25)(H2,24,26);3H,1,4H2,2H3. The molecule has 164 valence electrons. The Morgan fingerprint density at radius 1 is 1.19 bits per heavy atom. The van der Waals surface area contributed by atoms with Gasteiger partial charge in [-0.3, -0.25) is 0 Å². The van der Waals surface area contributed by atoms with Crippen molar-refractivity contribution in [2.24, 2.45) is 10.9 Å². The van der Waals surface area contributed by atoms with Crippen LogP contribution in [0.25, 0.3) is 10.9 Å². The monoisotopic (exact) mass is 427 g/mol. The summed E-state index contributed by atoms with van der Waals surface area (Å²) in [5.41, 5.74) is 15.9. The van der Waals surface area contributed by atoms with Gasteiger partial charge in [0, 0.05) is 40.9 Å². The van der Waals surface area contributed by atoms with Gasteiger partial charge in [-0.15, -0.1) is 6.58 Å². The minimum absolute atomic E-state index is 0.0533. The maximum absolute atomic E-state index is 8.85. The van der Waals surface area contributed by atoms with Crippen molar-refractivity contribution in [2.45, 2.75) is 26.2 Å². The maximum atomic E-state index is 8.85. The van der Waals surface area contributed by atoms with E-state index < -0.39 is 0 Å². The third kappa shape index (κ3) is 5.58. The molecule has 2 aromatic carbocycles. The summed E-state index contributed by atoms with van der Waals surface area (Å²) in [4.78, 5) is 6.82. The number of aromatic nitrogens is 1. The molecular weight excluding hydrogens is 398 g/mol. The third-order valence-electron chi connectivity index (χ3n) is 5.18. The highest BCUT2D eigenvalue weighted by Crippen LogP contribution is 2.27. The molecule has 1 aliphatic rings. The number of rotatable bonds is 3. The molecule has 32 heavy (non-hydrogen) atoms. The van der Waals surface area contributed by atoms with Crippen molar-refractivity contribution in [3.63, 3.8) is 0 Å². The van der Waals surface area contributed by atoms with E-state index in [1.165, 1.54) is 18.5 Å². The Bertz CT molecular complexity index is 1180. The van der Waals surface area contributed by atoms with E-state index in [0.29, 0.717) is 11.4 Å². The molecule has 0 unspecified atom stereocenters. The third-order valence-corrected chi connectivity index (χ3v) is 5.18. The Hall–Kier alpha value is -3.98. The molecule has 3 aromatic rings. The smallest absolute Gasteiger partial charge is 0.170 e. The zero-order chi connectivity index (χ0) is 22.9. The number of anilines is 2. The summed E-state index contributed by atoms with van der Waals surface area (Å²) >= 11 is 0. The fourth-order valence-corrected chi connectivity index (χ4v) is 3.46. The van der Waals surface area contributed by atoms with Crippen LogP contribution in [0.15, 0.2) is 66.3 Å². The number of nitrogen functional groups attached to an aromatic ring is 1. The Morgan fingerprint density at radius 3 is 2.62 bits per heavy atom. The van der Waals surface area contributed by atoms with Gasteiger partial charge >= 0.3 is 0 Å². The lowest BCUT2D eigenvalue weighted by molar-refractivity contribution is 0.318. The van der Waals surface area contributed by atoms with Crippen LogP contribution in [0, 0.1) is 11.8 Å². The van der Waals surface area contributed by atoms with Crippen molar-refractivity contribution in [1.29, 1.82) is 0 Å². The molecule has 0 saturated carbocycles. The van der Waals surface area contributed by atoms with E-state index in [1.807, 2.05) is 24.3 Å². The molecule has 0 atom stereocenters. The van der Waals surface area contributed by atoms with Crippen LogP contribution in [0.3, 0.4) is 0 Å². The van der Waals surface area contributed by atoms with Crippen LogP contribution in [0.1, 0.15) is 42.9 Å². The van der Waals surface area contributed by atoms with Crippen LogP contribution in [0.5, 0.6) is 0 Å². The molecule has 0 aliphatic carbocycles. The Labute approximate surface area is 189 Å². The van der Waals surface area contributed by atoms with E-state index in [1.54, 1.807) is 18.2 Å². The van der Waals surface area contributed by atoms with Gasteiger partial charge in [0.1, 0.15) is 5.82 Å². The fraction of sp³-hybridized carbons (Fsp3) is 0.231. The van der Waals surface area contributed by atoms with Gasteiger partial charge in [0.25, 0.3) is 0 Å². The van der Waals surface area contributed by atoms with E-state index in [-0.39, 0.29) is 5.84 Å². The lowest BCUT2D eigenvalue weighted by atomic mass is 10.1. The van der Waals surface area contributed by atoms with Gasteiger partial charge in [0.2, 0.25) is 0 Å². The lowest BCUT2D eigenvalue weighted by Crippen LogP contribution is -2.17. The highest BCUT2D eigenvalue weighted by atomic mass is 16.4. The van der Waals surface area contributed by atoms with Crippen LogP contribution >= 0.6 is 0 Å². The maximum Gasteiger partial charge on any atom is 0.170 e. The van der Waals surface area contributed by atoms with E-state index in [4.69, 9.17) is 16.7 Å². The minimum Gasteiger partial charge on any atom is -0.409 e. The Balaban J connectivity index is 0.000000668. The van der Waals surface area contributed by atoms with Crippen LogP contribution in [-0.2, 0) is 0 Å². The second-order valence-corrected chi connectivity index (χ2v) is 7.50. The first-order chi connectivity index (χ1) is 15.5. The molecule has 1 aromatic heterocycles. The normalized spacial score (nSPS) is 13.2. The van der Waals surface area contributed by atoms with Gasteiger partial charge in [-0.25, -0.2) is 4.98 Å². The first kappa shape index (κ1) is 22.7. The summed E-state index contributed by atoms with van der Waals surface area (Å²) in [6, 6.07) is 15.3. The average Bonchev–Trinajstić information content (AvgIpc) is 3.37. The number of oxime groups is 1. The second-order valence-electron chi connectivity index (χ2n) is 7.50. The number of nitrogens with zero attached hydrogens (tertiary/aromatic N) is 3. The zero-order valence-corrected chi connectivity index (χ0v) is 18.4. The van der Waals surface area contributed by atoms with Gasteiger partial charge in [-0.1, -0.05) is 42.1 Å². The minimum atomic E-state index is 0.0533.